The van der Waals surface area contributed by atoms with Crippen LogP contribution in [-0.4, -0.2) is 29.4 Å². The van der Waals surface area contributed by atoms with Crippen LogP contribution >= 0.6 is 11.6 Å². The molecule has 1 aromatic rings. The van der Waals surface area contributed by atoms with Gasteiger partial charge in [0, 0.05) is 6.54 Å². The number of anilines is 1. The highest BCUT2D eigenvalue weighted by atomic mass is 35.5. The molecule has 15 heavy (non-hydrogen) atoms. The fourth-order valence-electron chi connectivity index (χ4n) is 2.07. The van der Waals surface area contributed by atoms with Gasteiger partial charge in [-0.1, -0.05) is 17.7 Å². The number of hydrogen-bond acceptors (Lipinski definition) is 3. The number of aliphatic hydroxyl groups excluding tert-OH is 1. The summed E-state index contributed by atoms with van der Waals surface area (Å²) in [4.78, 5) is 2.06. The second kappa shape index (κ2) is 4.29. The topological polar surface area (TPSA) is 43.7 Å². The fourth-order valence-corrected chi connectivity index (χ4v) is 2.31. The van der Waals surface area contributed by atoms with E-state index in [1.165, 1.54) is 0 Å². The minimum atomic E-state index is 0.0951. The van der Waals surface area contributed by atoms with Gasteiger partial charge >= 0.3 is 0 Å². The van der Waals surface area contributed by atoms with E-state index in [1.54, 1.807) is 12.1 Å². The lowest BCUT2D eigenvalue weighted by Gasteiger charge is -2.26. The maximum absolute atomic E-state index is 9.50. The number of rotatable bonds is 2. The summed E-state index contributed by atoms with van der Waals surface area (Å²) in [6.07, 6.45) is 2.03. The summed E-state index contributed by atoms with van der Waals surface area (Å²) in [5.74, 6) is 0.0951. The summed E-state index contributed by atoms with van der Waals surface area (Å²) < 4.78 is 0. The Hall–Kier alpha value is -0.930. The Morgan fingerprint density at radius 3 is 3.00 bits per heavy atom. The van der Waals surface area contributed by atoms with Gasteiger partial charge in [0.1, 0.15) is 10.8 Å². The summed E-state index contributed by atoms with van der Waals surface area (Å²) in [7, 11) is 0. The normalized spacial score (nSPS) is 20.9. The minimum absolute atomic E-state index is 0.0951. The molecule has 4 heteroatoms. The molecule has 0 bridgehead atoms. The molecule has 1 heterocycles. The number of phenols is 1. The average molecular weight is 228 g/mol. The lowest BCUT2D eigenvalue weighted by molar-refractivity contribution is 0.266. The molecule has 1 fully saturated rings. The SMILES string of the molecule is OC[C@@H]1CCCN1c1cccc(O)c1Cl. The molecule has 0 aromatic heterocycles. The first kappa shape index (κ1) is 10.6. The van der Waals surface area contributed by atoms with Crippen LogP contribution in [0.2, 0.25) is 5.02 Å². The van der Waals surface area contributed by atoms with Crippen molar-refractivity contribution in [3.8, 4) is 5.75 Å². The lowest BCUT2D eigenvalue weighted by atomic mass is 10.2. The van der Waals surface area contributed by atoms with Crippen LogP contribution in [0.3, 0.4) is 0 Å². The van der Waals surface area contributed by atoms with Crippen molar-refractivity contribution in [1.82, 2.24) is 0 Å². The Balaban J connectivity index is 2.32. The molecular weight excluding hydrogens is 214 g/mol. The third kappa shape index (κ3) is 1.90. The summed E-state index contributed by atoms with van der Waals surface area (Å²) >= 11 is 6.02. The molecule has 2 rings (SSSR count). The van der Waals surface area contributed by atoms with Crippen LogP contribution in [0.5, 0.6) is 5.75 Å². The Kier molecular flexibility index (Phi) is 3.03. The molecule has 0 saturated carbocycles. The molecule has 82 valence electrons. The predicted octanol–water partition coefficient (Wildman–Crippen LogP) is 2.01. The van der Waals surface area contributed by atoms with Gasteiger partial charge < -0.3 is 15.1 Å². The third-order valence-corrected chi connectivity index (χ3v) is 3.24. The highest BCUT2D eigenvalue weighted by Crippen LogP contribution is 2.36. The molecule has 1 aliphatic heterocycles. The Morgan fingerprint density at radius 1 is 1.47 bits per heavy atom. The monoisotopic (exact) mass is 227 g/mol. The second-order valence-electron chi connectivity index (χ2n) is 3.78. The smallest absolute Gasteiger partial charge is 0.136 e. The van der Waals surface area contributed by atoms with Crippen molar-refractivity contribution in [2.24, 2.45) is 0 Å². The number of halogens is 1. The number of aromatic hydroxyl groups is 1. The van der Waals surface area contributed by atoms with E-state index in [-0.39, 0.29) is 18.4 Å². The van der Waals surface area contributed by atoms with Crippen molar-refractivity contribution in [3.63, 3.8) is 0 Å². The quantitative estimate of drug-likeness (QED) is 0.813. The Bertz CT molecular complexity index is 356. The first-order valence-electron chi connectivity index (χ1n) is 5.09. The van der Waals surface area contributed by atoms with Crippen molar-refractivity contribution in [1.29, 1.82) is 0 Å². The van der Waals surface area contributed by atoms with Gasteiger partial charge in [-0.05, 0) is 25.0 Å². The maximum atomic E-state index is 9.50. The number of nitrogens with zero attached hydrogens (tertiary/aromatic N) is 1. The van der Waals surface area contributed by atoms with Crippen LogP contribution in [0.4, 0.5) is 5.69 Å². The molecule has 0 amide bonds. The van der Waals surface area contributed by atoms with Gasteiger partial charge in [0.25, 0.3) is 0 Å². The molecule has 0 unspecified atom stereocenters. The van der Waals surface area contributed by atoms with E-state index in [1.807, 2.05) is 6.07 Å². The summed E-state index contributed by atoms with van der Waals surface area (Å²) in [6, 6.07) is 5.33. The van der Waals surface area contributed by atoms with Crippen LogP contribution in [0.15, 0.2) is 18.2 Å². The molecule has 0 spiro atoms. The summed E-state index contributed by atoms with van der Waals surface area (Å²) in [5, 5.41) is 19.1. The Morgan fingerprint density at radius 2 is 2.27 bits per heavy atom. The average Bonchev–Trinajstić information content (AvgIpc) is 2.70. The molecule has 0 aliphatic carbocycles. The van der Waals surface area contributed by atoms with Gasteiger partial charge in [-0.2, -0.15) is 0 Å². The minimum Gasteiger partial charge on any atom is -0.506 e. The van der Waals surface area contributed by atoms with Crippen molar-refractivity contribution >= 4 is 17.3 Å². The van der Waals surface area contributed by atoms with Gasteiger partial charge in [0.15, 0.2) is 0 Å². The number of hydrogen-bond donors (Lipinski definition) is 2. The third-order valence-electron chi connectivity index (χ3n) is 2.86. The molecule has 1 aliphatic rings. The molecular formula is C11H14ClNO2. The van der Waals surface area contributed by atoms with Gasteiger partial charge in [-0.15, -0.1) is 0 Å². The molecule has 1 aromatic carbocycles. The number of phenolic OH excluding ortho intramolecular Hbond substituents is 1. The van der Waals surface area contributed by atoms with Crippen LogP contribution in [-0.2, 0) is 0 Å². The van der Waals surface area contributed by atoms with Crippen molar-refractivity contribution in [3.05, 3.63) is 23.2 Å². The maximum Gasteiger partial charge on any atom is 0.136 e. The van der Waals surface area contributed by atoms with Crippen molar-refractivity contribution in [2.45, 2.75) is 18.9 Å². The Labute approximate surface area is 93.9 Å². The fraction of sp³-hybridized carbons (Fsp3) is 0.455. The van der Waals surface area contributed by atoms with Gasteiger partial charge in [0.05, 0.1) is 18.3 Å². The molecule has 0 radical (unpaired) electrons. The zero-order valence-electron chi connectivity index (χ0n) is 8.36. The van der Waals surface area contributed by atoms with Crippen molar-refractivity contribution in [2.75, 3.05) is 18.1 Å². The summed E-state index contributed by atoms with van der Waals surface area (Å²) in [6.45, 7) is 1.01. The molecule has 1 atom stereocenters. The first-order chi connectivity index (χ1) is 7.24. The van der Waals surface area contributed by atoms with Crippen LogP contribution in [0, 0.1) is 0 Å². The second-order valence-corrected chi connectivity index (χ2v) is 4.16. The van der Waals surface area contributed by atoms with Gasteiger partial charge in [-0.3, -0.25) is 0 Å². The van der Waals surface area contributed by atoms with Crippen molar-refractivity contribution < 1.29 is 10.2 Å². The standard InChI is InChI=1S/C11H14ClNO2/c12-11-9(4-1-5-10(11)15)13-6-2-3-8(13)7-14/h1,4-5,8,14-15H,2-3,6-7H2/t8-/m0/s1. The molecule has 3 nitrogen and oxygen atoms in total. The van der Waals surface area contributed by atoms with E-state index in [0.717, 1.165) is 25.1 Å². The molecule has 2 N–H and O–H groups in total. The first-order valence-corrected chi connectivity index (χ1v) is 5.47. The van der Waals surface area contributed by atoms with E-state index in [0.29, 0.717) is 5.02 Å². The van der Waals surface area contributed by atoms with Gasteiger partial charge in [0.2, 0.25) is 0 Å². The summed E-state index contributed by atoms with van der Waals surface area (Å²) in [5.41, 5.74) is 0.813. The highest BCUT2D eigenvalue weighted by Gasteiger charge is 2.25. The highest BCUT2D eigenvalue weighted by molar-refractivity contribution is 6.34. The lowest BCUT2D eigenvalue weighted by Crippen LogP contribution is -2.32. The van der Waals surface area contributed by atoms with E-state index < -0.39 is 0 Å². The van der Waals surface area contributed by atoms with Crippen LogP contribution < -0.4 is 4.90 Å². The zero-order chi connectivity index (χ0) is 10.8. The van der Waals surface area contributed by atoms with Crippen LogP contribution in [0.25, 0.3) is 0 Å². The zero-order valence-corrected chi connectivity index (χ0v) is 9.11. The molecule has 1 saturated heterocycles. The van der Waals surface area contributed by atoms with E-state index in [4.69, 9.17) is 11.6 Å². The van der Waals surface area contributed by atoms with E-state index in [2.05, 4.69) is 4.90 Å². The number of benzene rings is 1. The van der Waals surface area contributed by atoms with Crippen LogP contribution in [0.1, 0.15) is 12.8 Å². The largest absolute Gasteiger partial charge is 0.506 e. The van der Waals surface area contributed by atoms with Gasteiger partial charge in [-0.25, -0.2) is 0 Å². The predicted molar refractivity (Wildman–Crippen MR) is 60.6 cm³/mol. The van der Waals surface area contributed by atoms with E-state index in [9.17, 15) is 10.2 Å². The van der Waals surface area contributed by atoms with E-state index >= 15 is 0 Å². The number of aliphatic hydroxyl groups is 1.